The predicted octanol–water partition coefficient (Wildman–Crippen LogP) is 2.78. The Morgan fingerprint density at radius 1 is 1.20 bits per heavy atom. The van der Waals surface area contributed by atoms with Crippen LogP contribution in [0, 0.1) is 5.41 Å². The van der Waals surface area contributed by atoms with E-state index in [1.807, 2.05) is 6.08 Å². The van der Waals surface area contributed by atoms with Gasteiger partial charge in [-0.15, -0.1) is 0 Å². The Bertz CT molecular complexity index is 263. The third kappa shape index (κ3) is 2.01. The van der Waals surface area contributed by atoms with E-state index in [1.54, 1.807) is 0 Å². The summed E-state index contributed by atoms with van der Waals surface area (Å²) in [6, 6.07) is 0. The lowest BCUT2D eigenvalue weighted by Gasteiger charge is -2.35. The molecule has 3 nitrogen and oxygen atoms in total. The molecule has 1 N–H and O–H groups in total. The van der Waals surface area contributed by atoms with Crippen LogP contribution in [-0.2, 0) is 4.74 Å². The minimum Gasteiger partial charge on any atom is -0.465 e. The number of rotatable bonds is 5. The van der Waals surface area contributed by atoms with Gasteiger partial charge in [0.05, 0.1) is 5.70 Å². The number of hydrogen-bond acceptors (Lipinski definition) is 3. The average Bonchev–Trinajstić information content (AvgIpc) is 2.58. The summed E-state index contributed by atoms with van der Waals surface area (Å²) >= 11 is 0. The van der Waals surface area contributed by atoms with Crippen LogP contribution in [0.15, 0.2) is 11.8 Å². The van der Waals surface area contributed by atoms with Gasteiger partial charge < -0.3 is 9.64 Å². The third-order valence-corrected chi connectivity index (χ3v) is 3.29. The van der Waals surface area contributed by atoms with Crippen molar-refractivity contribution in [3.63, 3.8) is 0 Å². The molecule has 0 radical (unpaired) electrons. The SMILES string of the molecule is CCN(CC)C1=CC(=N)OC1(CC)CC. The number of nitrogens with zero attached hydrogens (tertiary/aromatic N) is 1. The Hall–Kier alpha value is -0.990. The highest BCUT2D eigenvalue weighted by molar-refractivity contribution is 5.89. The molecular formula is C12H22N2O. The zero-order chi connectivity index (χ0) is 11.5. The molecule has 0 aromatic heterocycles. The number of likely N-dealkylation sites (N-methyl/N-ethyl adjacent to an activating group) is 1. The smallest absolute Gasteiger partial charge is 0.208 e. The lowest BCUT2D eigenvalue weighted by molar-refractivity contribution is 0.0683. The Morgan fingerprint density at radius 2 is 1.73 bits per heavy atom. The fraction of sp³-hybridized carbons (Fsp3) is 0.750. The molecule has 0 amide bonds. The van der Waals surface area contributed by atoms with Gasteiger partial charge in [0, 0.05) is 19.2 Å². The van der Waals surface area contributed by atoms with Crippen molar-refractivity contribution in [2.45, 2.75) is 46.1 Å². The molecule has 3 heteroatoms. The van der Waals surface area contributed by atoms with Crippen LogP contribution < -0.4 is 0 Å². The summed E-state index contributed by atoms with van der Waals surface area (Å²) in [5.41, 5.74) is 0.936. The molecule has 0 aromatic carbocycles. The second kappa shape index (κ2) is 4.69. The average molecular weight is 210 g/mol. The summed E-state index contributed by atoms with van der Waals surface area (Å²) in [6.07, 6.45) is 3.72. The van der Waals surface area contributed by atoms with Crippen molar-refractivity contribution in [2.75, 3.05) is 13.1 Å². The third-order valence-electron chi connectivity index (χ3n) is 3.29. The molecule has 86 valence electrons. The number of ether oxygens (including phenoxy) is 1. The van der Waals surface area contributed by atoms with E-state index >= 15 is 0 Å². The van der Waals surface area contributed by atoms with Gasteiger partial charge in [-0.2, -0.15) is 0 Å². The van der Waals surface area contributed by atoms with Gasteiger partial charge in [0.15, 0.2) is 0 Å². The summed E-state index contributed by atoms with van der Waals surface area (Å²) < 4.78 is 5.69. The van der Waals surface area contributed by atoms with Crippen LogP contribution in [0.5, 0.6) is 0 Å². The van der Waals surface area contributed by atoms with Gasteiger partial charge in [0.1, 0.15) is 5.60 Å². The van der Waals surface area contributed by atoms with Gasteiger partial charge in [0.25, 0.3) is 0 Å². The fourth-order valence-corrected chi connectivity index (χ4v) is 2.25. The van der Waals surface area contributed by atoms with E-state index in [4.69, 9.17) is 10.1 Å². The Kier molecular flexibility index (Phi) is 3.77. The molecule has 1 aliphatic rings. The van der Waals surface area contributed by atoms with Crippen molar-refractivity contribution < 1.29 is 4.74 Å². The molecule has 0 saturated heterocycles. The van der Waals surface area contributed by atoms with E-state index in [2.05, 4.69) is 32.6 Å². The minimum atomic E-state index is -0.247. The van der Waals surface area contributed by atoms with E-state index in [0.717, 1.165) is 25.9 Å². The van der Waals surface area contributed by atoms with Crippen molar-refractivity contribution in [3.05, 3.63) is 11.8 Å². The minimum absolute atomic E-state index is 0.247. The first-order chi connectivity index (χ1) is 7.13. The zero-order valence-corrected chi connectivity index (χ0v) is 10.3. The highest BCUT2D eigenvalue weighted by Gasteiger charge is 2.40. The lowest BCUT2D eigenvalue weighted by Crippen LogP contribution is -2.39. The van der Waals surface area contributed by atoms with Crippen LogP contribution >= 0.6 is 0 Å². The summed E-state index contributed by atoms with van der Waals surface area (Å²) in [5.74, 6) is 0.306. The van der Waals surface area contributed by atoms with Gasteiger partial charge >= 0.3 is 0 Å². The van der Waals surface area contributed by atoms with E-state index in [-0.39, 0.29) is 5.60 Å². The standard InChI is InChI=1S/C12H22N2O/c1-5-12(6-2)10(9-11(13)15-12)14(7-3)8-4/h9,13H,5-8H2,1-4H3. The summed E-state index contributed by atoms with van der Waals surface area (Å²) in [6.45, 7) is 10.5. The summed E-state index contributed by atoms with van der Waals surface area (Å²) in [4.78, 5) is 2.29. The highest BCUT2D eigenvalue weighted by Crippen LogP contribution is 2.36. The maximum Gasteiger partial charge on any atom is 0.208 e. The number of nitrogens with one attached hydrogen (secondary N) is 1. The van der Waals surface area contributed by atoms with Crippen LogP contribution in [0.1, 0.15) is 40.5 Å². The first-order valence-corrected chi connectivity index (χ1v) is 5.88. The highest BCUT2D eigenvalue weighted by atomic mass is 16.5. The molecule has 0 saturated carbocycles. The molecule has 0 unspecified atom stereocenters. The van der Waals surface area contributed by atoms with E-state index in [9.17, 15) is 0 Å². The van der Waals surface area contributed by atoms with E-state index in [0.29, 0.717) is 5.90 Å². The second-order valence-corrected chi connectivity index (χ2v) is 3.87. The van der Waals surface area contributed by atoms with Crippen LogP contribution in [0.2, 0.25) is 0 Å². The van der Waals surface area contributed by atoms with Gasteiger partial charge in [-0.05, 0) is 26.7 Å². The molecule has 0 fully saturated rings. The van der Waals surface area contributed by atoms with Gasteiger partial charge in [-0.3, -0.25) is 5.41 Å². The van der Waals surface area contributed by atoms with Crippen molar-refractivity contribution in [2.24, 2.45) is 0 Å². The number of hydrogen-bond donors (Lipinski definition) is 1. The molecule has 0 spiro atoms. The van der Waals surface area contributed by atoms with Crippen molar-refractivity contribution in [1.29, 1.82) is 5.41 Å². The topological polar surface area (TPSA) is 36.3 Å². The first-order valence-electron chi connectivity index (χ1n) is 5.88. The quantitative estimate of drug-likeness (QED) is 0.757. The molecular weight excluding hydrogens is 188 g/mol. The van der Waals surface area contributed by atoms with Crippen LogP contribution in [-0.4, -0.2) is 29.5 Å². The molecule has 1 rings (SSSR count). The van der Waals surface area contributed by atoms with Gasteiger partial charge in [-0.25, -0.2) is 0 Å². The van der Waals surface area contributed by atoms with E-state index < -0.39 is 0 Å². The molecule has 0 aliphatic carbocycles. The molecule has 1 aliphatic heterocycles. The fourth-order valence-electron chi connectivity index (χ4n) is 2.25. The molecule has 1 heterocycles. The molecule has 0 aromatic rings. The van der Waals surface area contributed by atoms with Gasteiger partial charge in [-0.1, -0.05) is 13.8 Å². The largest absolute Gasteiger partial charge is 0.465 e. The monoisotopic (exact) mass is 210 g/mol. The first kappa shape index (κ1) is 12.1. The van der Waals surface area contributed by atoms with Gasteiger partial charge in [0.2, 0.25) is 5.90 Å². The van der Waals surface area contributed by atoms with Crippen molar-refractivity contribution in [3.8, 4) is 0 Å². The summed E-state index contributed by atoms with van der Waals surface area (Å²) in [5, 5.41) is 7.66. The van der Waals surface area contributed by atoms with Crippen LogP contribution in [0.4, 0.5) is 0 Å². The Morgan fingerprint density at radius 3 is 2.13 bits per heavy atom. The summed E-state index contributed by atoms with van der Waals surface area (Å²) in [7, 11) is 0. The Labute approximate surface area is 92.6 Å². The molecule has 0 bridgehead atoms. The zero-order valence-electron chi connectivity index (χ0n) is 10.3. The maximum atomic E-state index is 7.66. The normalized spacial score (nSPS) is 18.7. The van der Waals surface area contributed by atoms with Crippen LogP contribution in [0.25, 0.3) is 0 Å². The van der Waals surface area contributed by atoms with Crippen molar-refractivity contribution in [1.82, 2.24) is 4.90 Å². The predicted molar refractivity (Wildman–Crippen MR) is 63.1 cm³/mol. The van der Waals surface area contributed by atoms with E-state index in [1.165, 1.54) is 5.70 Å². The maximum absolute atomic E-state index is 7.66. The van der Waals surface area contributed by atoms with Crippen LogP contribution in [0.3, 0.4) is 0 Å². The Balaban J connectivity index is 3.01. The molecule has 0 atom stereocenters. The van der Waals surface area contributed by atoms with Crippen molar-refractivity contribution >= 4 is 5.90 Å². The molecule has 15 heavy (non-hydrogen) atoms. The lowest BCUT2D eigenvalue weighted by atomic mass is 9.93. The second-order valence-electron chi connectivity index (χ2n) is 3.87.